The van der Waals surface area contributed by atoms with E-state index in [1.165, 1.54) is 154 Å². The number of nitrogens with zero attached hydrogens (tertiary/aromatic N) is 1. The third kappa shape index (κ3) is 38.5. The zero-order chi connectivity index (χ0) is 47.1. The predicted molar refractivity (Wildman–Crippen MR) is 274 cm³/mol. The summed E-state index contributed by atoms with van der Waals surface area (Å²) in [5.74, 6) is 0.208. The van der Waals surface area contributed by atoms with Crippen LogP contribution in [0.3, 0.4) is 0 Å². The highest BCUT2D eigenvalue weighted by atomic mass is 16.5. The molecule has 3 atom stereocenters. The SMILES string of the molecule is CCCCCCCCC(CCCCCC)C(=O)OCCCCCCCCCC(CCCCCCCCCOC(=O)C(CCCCCC)CCCCCCCC)OC(=O)C(CC)N(C)C. The van der Waals surface area contributed by atoms with E-state index < -0.39 is 0 Å². The van der Waals surface area contributed by atoms with Crippen molar-refractivity contribution in [1.82, 2.24) is 4.90 Å². The van der Waals surface area contributed by atoms with Crippen LogP contribution < -0.4 is 0 Å². The van der Waals surface area contributed by atoms with Crippen LogP contribution >= 0.6 is 0 Å². The number of carbonyl (C=O) groups excluding carboxylic acids is 3. The molecular weight excluding hydrogens is 795 g/mol. The van der Waals surface area contributed by atoms with Gasteiger partial charge in [-0.2, -0.15) is 0 Å². The predicted octanol–water partition coefficient (Wildman–Crippen LogP) is 17.2. The molecule has 64 heavy (non-hydrogen) atoms. The summed E-state index contributed by atoms with van der Waals surface area (Å²) in [5.41, 5.74) is 0. The van der Waals surface area contributed by atoms with Crippen molar-refractivity contribution >= 4 is 17.9 Å². The standard InChI is InChI=1S/C57H111NO6/c1-8-13-17-21-29-37-45-51(43-35-19-15-10-3)55(59)62-49-41-33-27-23-25-31-39-47-53(64-57(61)54(12-5)58(6)7)48-40-32-26-24-28-34-42-50-63-56(60)52(44-36-20-16-11-4)46-38-30-22-18-14-9-2/h51-54H,8-50H2,1-7H3. The number of carbonyl (C=O) groups is 3. The van der Waals surface area contributed by atoms with Crippen LogP contribution in [0.2, 0.25) is 0 Å². The van der Waals surface area contributed by atoms with E-state index in [4.69, 9.17) is 14.2 Å². The fourth-order valence-electron chi connectivity index (χ4n) is 9.28. The molecule has 0 aliphatic carbocycles. The maximum Gasteiger partial charge on any atom is 0.323 e. The van der Waals surface area contributed by atoms with Crippen LogP contribution in [0.15, 0.2) is 0 Å². The Morgan fingerprint density at radius 3 is 0.906 bits per heavy atom. The van der Waals surface area contributed by atoms with Crippen molar-refractivity contribution in [3.63, 3.8) is 0 Å². The first-order chi connectivity index (χ1) is 31.2. The molecule has 380 valence electrons. The summed E-state index contributed by atoms with van der Waals surface area (Å²) in [6.45, 7) is 12.2. The maximum absolute atomic E-state index is 13.1. The topological polar surface area (TPSA) is 82.1 Å². The van der Waals surface area contributed by atoms with Gasteiger partial charge in [0.25, 0.3) is 0 Å². The monoisotopic (exact) mass is 906 g/mol. The Kier molecular flexibility index (Phi) is 46.6. The normalized spacial score (nSPS) is 13.5. The largest absolute Gasteiger partial charge is 0.465 e. The van der Waals surface area contributed by atoms with Crippen LogP contribution in [0.1, 0.15) is 298 Å². The van der Waals surface area contributed by atoms with Crippen LogP contribution in [0.5, 0.6) is 0 Å². The Hall–Kier alpha value is -1.63. The average Bonchev–Trinajstić information content (AvgIpc) is 3.28. The molecule has 0 saturated heterocycles. The lowest BCUT2D eigenvalue weighted by atomic mass is 9.94. The van der Waals surface area contributed by atoms with Crippen LogP contribution in [-0.4, -0.2) is 62.3 Å². The molecule has 0 bridgehead atoms. The summed E-state index contributed by atoms with van der Waals surface area (Å²) in [5, 5.41) is 0. The van der Waals surface area contributed by atoms with Gasteiger partial charge < -0.3 is 14.2 Å². The Bertz CT molecular complexity index is 954. The van der Waals surface area contributed by atoms with Gasteiger partial charge in [0, 0.05) is 0 Å². The van der Waals surface area contributed by atoms with E-state index in [0.29, 0.717) is 13.2 Å². The highest BCUT2D eigenvalue weighted by molar-refractivity contribution is 5.75. The number of hydrogen-bond acceptors (Lipinski definition) is 7. The minimum atomic E-state index is -0.185. The van der Waals surface area contributed by atoms with Gasteiger partial charge >= 0.3 is 17.9 Å². The molecule has 3 unspecified atom stereocenters. The first-order valence-corrected chi connectivity index (χ1v) is 28.4. The van der Waals surface area contributed by atoms with Gasteiger partial charge in [-0.3, -0.25) is 19.3 Å². The smallest absolute Gasteiger partial charge is 0.323 e. The van der Waals surface area contributed by atoms with Crippen LogP contribution in [0.4, 0.5) is 0 Å². The second kappa shape index (κ2) is 47.8. The lowest BCUT2D eigenvalue weighted by molar-refractivity contribution is -0.155. The van der Waals surface area contributed by atoms with Gasteiger partial charge in [0.15, 0.2) is 0 Å². The molecular formula is C57H111NO6. The molecule has 0 aromatic heterocycles. The molecule has 0 heterocycles. The molecule has 7 nitrogen and oxygen atoms in total. The molecule has 0 aliphatic heterocycles. The Morgan fingerprint density at radius 1 is 0.344 bits per heavy atom. The Labute approximate surface area is 399 Å². The number of esters is 3. The molecule has 0 saturated carbocycles. The van der Waals surface area contributed by atoms with Gasteiger partial charge in [0.1, 0.15) is 12.1 Å². The van der Waals surface area contributed by atoms with Crippen molar-refractivity contribution in [2.24, 2.45) is 11.8 Å². The molecule has 0 N–H and O–H groups in total. The van der Waals surface area contributed by atoms with Crippen molar-refractivity contribution in [3.05, 3.63) is 0 Å². The number of hydrogen-bond donors (Lipinski definition) is 0. The van der Waals surface area contributed by atoms with Gasteiger partial charge in [-0.1, -0.05) is 227 Å². The van der Waals surface area contributed by atoms with E-state index in [1.54, 1.807) is 0 Å². The molecule has 0 aromatic rings. The number of rotatable bonds is 50. The fourth-order valence-corrected chi connectivity index (χ4v) is 9.28. The summed E-state index contributed by atoms with van der Waals surface area (Å²) < 4.78 is 17.8. The van der Waals surface area contributed by atoms with Gasteiger partial charge in [-0.25, -0.2) is 0 Å². The van der Waals surface area contributed by atoms with Crippen molar-refractivity contribution in [3.8, 4) is 0 Å². The van der Waals surface area contributed by atoms with Crippen LogP contribution in [-0.2, 0) is 28.6 Å². The Morgan fingerprint density at radius 2 is 0.609 bits per heavy atom. The zero-order valence-corrected chi connectivity index (χ0v) is 44.1. The molecule has 7 heteroatoms. The highest BCUT2D eigenvalue weighted by Gasteiger charge is 2.24. The quantitative estimate of drug-likeness (QED) is 0.0342. The molecule has 0 radical (unpaired) electrons. The summed E-state index contributed by atoms with van der Waals surface area (Å²) in [6.07, 6.45) is 47.3. The van der Waals surface area contributed by atoms with Crippen molar-refractivity contribution < 1.29 is 28.6 Å². The van der Waals surface area contributed by atoms with Crippen molar-refractivity contribution in [2.75, 3.05) is 27.3 Å². The fraction of sp³-hybridized carbons (Fsp3) is 0.947. The number of ether oxygens (including phenoxy) is 3. The first-order valence-electron chi connectivity index (χ1n) is 28.4. The molecule has 0 fully saturated rings. The molecule has 0 rings (SSSR count). The summed E-state index contributed by atoms with van der Waals surface area (Å²) in [7, 11) is 3.93. The van der Waals surface area contributed by atoms with Crippen LogP contribution in [0.25, 0.3) is 0 Å². The Balaban J connectivity index is 4.46. The van der Waals surface area contributed by atoms with Gasteiger partial charge in [-0.05, 0) is 84.7 Å². The lowest BCUT2D eigenvalue weighted by Gasteiger charge is -2.25. The highest BCUT2D eigenvalue weighted by Crippen LogP contribution is 2.23. The minimum Gasteiger partial charge on any atom is -0.465 e. The molecule has 0 aromatic carbocycles. The zero-order valence-electron chi connectivity index (χ0n) is 44.1. The van der Waals surface area contributed by atoms with E-state index >= 15 is 0 Å². The van der Waals surface area contributed by atoms with Crippen molar-refractivity contribution in [2.45, 2.75) is 310 Å². The summed E-state index contributed by atoms with van der Waals surface area (Å²) >= 11 is 0. The lowest BCUT2D eigenvalue weighted by Crippen LogP contribution is -2.38. The van der Waals surface area contributed by atoms with Gasteiger partial charge in [-0.15, -0.1) is 0 Å². The van der Waals surface area contributed by atoms with Crippen LogP contribution in [0, 0.1) is 11.8 Å². The second-order valence-electron chi connectivity index (χ2n) is 20.0. The van der Waals surface area contributed by atoms with E-state index in [2.05, 4.69) is 34.6 Å². The minimum absolute atomic E-state index is 0.000992. The van der Waals surface area contributed by atoms with Gasteiger partial charge in [0.2, 0.25) is 0 Å². The maximum atomic E-state index is 13.1. The molecule has 0 aliphatic rings. The first kappa shape index (κ1) is 62.4. The van der Waals surface area contributed by atoms with Crippen molar-refractivity contribution in [1.29, 1.82) is 0 Å². The summed E-state index contributed by atoms with van der Waals surface area (Å²) in [6, 6.07) is -0.185. The molecule has 0 spiro atoms. The van der Waals surface area contributed by atoms with E-state index in [0.717, 1.165) is 109 Å². The van der Waals surface area contributed by atoms with E-state index in [-0.39, 0.29) is 41.9 Å². The number of unbranched alkanes of at least 4 members (excludes halogenated alkanes) is 28. The van der Waals surface area contributed by atoms with Gasteiger partial charge in [0.05, 0.1) is 25.0 Å². The van der Waals surface area contributed by atoms with E-state index in [9.17, 15) is 14.4 Å². The third-order valence-corrected chi connectivity index (χ3v) is 13.7. The second-order valence-corrected chi connectivity index (χ2v) is 20.0. The third-order valence-electron chi connectivity index (χ3n) is 13.7. The molecule has 0 amide bonds. The number of likely N-dealkylation sites (N-methyl/N-ethyl adjacent to an activating group) is 1. The summed E-state index contributed by atoms with van der Waals surface area (Å²) in [4.78, 5) is 41.1. The average molecular weight is 907 g/mol. The van der Waals surface area contributed by atoms with E-state index in [1.807, 2.05) is 19.0 Å².